The van der Waals surface area contributed by atoms with Crippen LogP contribution in [0, 0.1) is 5.41 Å². The number of carboxylic acids is 1. The molecule has 2 rings (SSSR count). The number of carbonyl (C=O) groups is 2. The Balaban J connectivity index is 2.02. The van der Waals surface area contributed by atoms with Crippen molar-refractivity contribution in [2.75, 3.05) is 5.75 Å². The highest BCUT2D eigenvalue weighted by molar-refractivity contribution is 8.00. The average Bonchev–Trinajstić information content (AvgIpc) is 2.48. The van der Waals surface area contributed by atoms with Crippen LogP contribution in [0.1, 0.15) is 31.2 Å². The topological polar surface area (TPSA) is 80.4 Å². The third kappa shape index (κ3) is 3.40. The molecule has 1 aromatic rings. The van der Waals surface area contributed by atoms with Crippen LogP contribution in [0.15, 0.2) is 30.3 Å². The molecule has 1 saturated carbocycles. The molecule has 1 amide bonds. The minimum absolute atomic E-state index is 0.218. The molecular formula is C16H21NO3S. The van der Waals surface area contributed by atoms with Crippen molar-refractivity contribution >= 4 is 23.6 Å². The smallest absolute Gasteiger partial charge is 0.320 e. The SMILES string of the molecule is NC(=O)C1(C(=O)O)CCCCC1SCCc1ccccc1. The standard InChI is InChI=1S/C16H21NO3S/c17-14(18)16(15(19)20)10-5-4-8-13(16)21-11-9-12-6-2-1-3-7-12/h1-3,6-7,13H,4-5,8-11H2,(H2,17,18)(H,19,20). The van der Waals surface area contributed by atoms with Crippen LogP contribution in [0.5, 0.6) is 0 Å². The first-order valence-corrected chi connectivity index (χ1v) is 8.31. The molecule has 0 radical (unpaired) electrons. The summed E-state index contributed by atoms with van der Waals surface area (Å²) in [7, 11) is 0. The van der Waals surface area contributed by atoms with Crippen molar-refractivity contribution in [1.29, 1.82) is 0 Å². The number of carboxylic acid groups (broad SMARTS) is 1. The molecule has 2 atom stereocenters. The molecule has 1 aliphatic carbocycles. The summed E-state index contributed by atoms with van der Waals surface area (Å²) in [5, 5.41) is 9.31. The summed E-state index contributed by atoms with van der Waals surface area (Å²) < 4.78 is 0. The maximum Gasteiger partial charge on any atom is 0.320 e. The van der Waals surface area contributed by atoms with Crippen LogP contribution in [-0.2, 0) is 16.0 Å². The zero-order valence-electron chi connectivity index (χ0n) is 12.0. The summed E-state index contributed by atoms with van der Waals surface area (Å²) in [6.07, 6.45) is 3.70. The molecule has 2 unspecified atom stereocenters. The van der Waals surface area contributed by atoms with E-state index in [1.165, 1.54) is 5.56 Å². The second kappa shape index (κ2) is 6.98. The summed E-state index contributed by atoms with van der Waals surface area (Å²) in [6, 6.07) is 10.1. The molecule has 5 heteroatoms. The Labute approximate surface area is 129 Å². The number of rotatable bonds is 6. The maximum atomic E-state index is 11.8. The van der Waals surface area contributed by atoms with Crippen LogP contribution in [0.4, 0.5) is 0 Å². The first-order chi connectivity index (χ1) is 10.1. The highest BCUT2D eigenvalue weighted by Gasteiger charge is 2.52. The molecule has 0 aliphatic heterocycles. The Kier molecular flexibility index (Phi) is 5.28. The van der Waals surface area contributed by atoms with Gasteiger partial charge in [-0.25, -0.2) is 0 Å². The third-order valence-electron chi connectivity index (χ3n) is 4.21. The normalized spacial score (nSPS) is 25.4. The predicted octanol–water partition coefficient (Wildman–Crippen LogP) is 2.46. The van der Waals surface area contributed by atoms with Gasteiger partial charge in [-0.3, -0.25) is 9.59 Å². The van der Waals surface area contributed by atoms with Crippen molar-refractivity contribution in [3.8, 4) is 0 Å². The first-order valence-electron chi connectivity index (χ1n) is 7.26. The van der Waals surface area contributed by atoms with E-state index in [0.717, 1.165) is 31.4 Å². The molecule has 0 bridgehead atoms. The van der Waals surface area contributed by atoms with Gasteiger partial charge in [-0.1, -0.05) is 43.2 Å². The lowest BCUT2D eigenvalue weighted by Crippen LogP contribution is -2.52. The van der Waals surface area contributed by atoms with Gasteiger partial charge >= 0.3 is 5.97 Å². The van der Waals surface area contributed by atoms with E-state index in [1.54, 1.807) is 11.8 Å². The van der Waals surface area contributed by atoms with Crippen LogP contribution in [0.3, 0.4) is 0 Å². The fourth-order valence-electron chi connectivity index (χ4n) is 2.96. The van der Waals surface area contributed by atoms with E-state index in [9.17, 15) is 14.7 Å². The van der Waals surface area contributed by atoms with Gasteiger partial charge in [-0.15, -0.1) is 0 Å². The lowest BCUT2D eigenvalue weighted by Gasteiger charge is -2.37. The van der Waals surface area contributed by atoms with Gasteiger partial charge in [0.25, 0.3) is 0 Å². The Morgan fingerprint density at radius 1 is 1.29 bits per heavy atom. The lowest BCUT2D eigenvalue weighted by atomic mass is 9.73. The molecule has 1 fully saturated rings. The number of amides is 1. The number of carbonyl (C=O) groups excluding carboxylic acids is 1. The Hall–Kier alpha value is -1.49. The van der Waals surface area contributed by atoms with Crippen LogP contribution in [0.2, 0.25) is 0 Å². The van der Waals surface area contributed by atoms with E-state index in [1.807, 2.05) is 18.2 Å². The van der Waals surface area contributed by atoms with Crippen molar-refractivity contribution in [2.24, 2.45) is 11.1 Å². The number of aryl methyl sites for hydroxylation is 1. The minimum atomic E-state index is -1.39. The number of nitrogens with two attached hydrogens (primary N) is 1. The summed E-state index contributed by atoms with van der Waals surface area (Å²) >= 11 is 1.57. The van der Waals surface area contributed by atoms with Gasteiger partial charge in [0.1, 0.15) is 0 Å². The van der Waals surface area contributed by atoms with Crippen molar-refractivity contribution in [3.05, 3.63) is 35.9 Å². The van der Waals surface area contributed by atoms with Crippen molar-refractivity contribution in [1.82, 2.24) is 0 Å². The Morgan fingerprint density at radius 3 is 2.62 bits per heavy atom. The number of primary amides is 1. The molecule has 0 aromatic heterocycles. The average molecular weight is 307 g/mol. The zero-order valence-corrected chi connectivity index (χ0v) is 12.8. The summed E-state index contributed by atoms with van der Waals surface area (Å²) in [5.41, 5.74) is 5.28. The van der Waals surface area contributed by atoms with E-state index in [0.29, 0.717) is 6.42 Å². The van der Waals surface area contributed by atoms with Crippen LogP contribution in [0.25, 0.3) is 0 Å². The van der Waals surface area contributed by atoms with E-state index in [2.05, 4.69) is 12.1 Å². The molecule has 114 valence electrons. The van der Waals surface area contributed by atoms with Gasteiger partial charge in [0.15, 0.2) is 5.41 Å². The summed E-state index contributed by atoms with van der Waals surface area (Å²) in [6.45, 7) is 0. The van der Waals surface area contributed by atoms with Crippen LogP contribution >= 0.6 is 11.8 Å². The molecule has 4 nitrogen and oxygen atoms in total. The maximum absolute atomic E-state index is 11.8. The fraction of sp³-hybridized carbons (Fsp3) is 0.500. The lowest BCUT2D eigenvalue weighted by molar-refractivity contribution is -0.156. The fourth-order valence-corrected chi connectivity index (χ4v) is 4.55. The number of hydrogen-bond acceptors (Lipinski definition) is 3. The summed E-state index contributed by atoms with van der Waals surface area (Å²) in [4.78, 5) is 23.4. The van der Waals surface area contributed by atoms with Gasteiger partial charge in [0, 0.05) is 5.25 Å². The van der Waals surface area contributed by atoms with E-state index < -0.39 is 17.3 Å². The predicted molar refractivity (Wildman–Crippen MR) is 84.1 cm³/mol. The van der Waals surface area contributed by atoms with E-state index in [4.69, 9.17) is 5.73 Å². The van der Waals surface area contributed by atoms with Gasteiger partial charge in [0.2, 0.25) is 5.91 Å². The van der Waals surface area contributed by atoms with Crippen molar-refractivity contribution in [3.63, 3.8) is 0 Å². The first kappa shape index (κ1) is 15.9. The van der Waals surface area contributed by atoms with Crippen LogP contribution in [-0.4, -0.2) is 28.0 Å². The molecule has 0 heterocycles. The number of thioether (sulfide) groups is 1. The highest BCUT2D eigenvalue weighted by atomic mass is 32.2. The van der Waals surface area contributed by atoms with Crippen molar-refractivity contribution in [2.45, 2.75) is 37.4 Å². The largest absolute Gasteiger partial charge is 0.480 e. The molecular weight excluding hydrogens is 286 g/mol. The number of hydrogen-bond donors (Lipinski definition) is 2. The van der Waals surface area contributed by atoms with E-state index >= 15 is 0 Å². The second-order valence-electron chi connectivity index (χ2n) is 5.48. The van der Waals surface area contributed by atoms with Crippen LogP contribution < -0.4 is 5.73 Å². The summed E-state index contributed by atoms with van der Waals surface area (Å²) in [5.74, 6) is -0.949. The number of aliphatic carboxylic acids is 1. The quantitative estimate of drug-likeness (QED) is 0.791. The molecule has 1 aliphatic rings. The molecule has 3 N–H and O–H groups in total. The monoisotopic (exact) mass is 307 g/mol. The zero-order chi connectivity index (χ0) is 15.3. The Morgan fingerprint density at radius 2 is 2.00 bits per heavy atom. The molecule has 1 aromatic carbocycles. The highest BCUT2D eigenvalue weighted by Crippen LogP contribution is 2.43. The minimum Gasteiger partial charge on any atom is -0.480 e. The number of benzene rings is 1. The van der Waals surface area contributed by atoms with Gasteiger partial charge in [-0.05, 0) is 30.6 Å². The van der Waals surface area contributed by atoms with E-state index in [-0.39, 0.29) is 5.25 Å². The molecule has 0 saturated heterocycles. The van der Waals surface area contributed by atoms with Gasteiger partial charge in [0.05, 0.1) is 0 Å². The van der Waals surface area contributed by atoms with Gasteiger partial charge in [-0.2, -0.15) is 11.8 Å². The second-order valence-corrected chi connectivity index (χ2v) is 6.79. The Bertz CT molecular complexity index is 490. The van der Waals surface area contributed by atoms with Gasteiger partial charge < -0.3 is 10.8 Å². The van der Waals surface area contributed by atoms with Crippen molar-refractivity contribution < 1.29 is 14.7 Å². The molecule has 21 heavy (non-hydrogen) atoms. The molecule has 0 spiro atoms. The third-order valence-corrected chi connectivity index (χ3v) is 5.69.